The normalized spacial score (nSPS) is 29.1. The fourth-order valence-corrected chi connectivity index (χ4v) is 1.69. The second-order valence-electron chi connectivity index (χ2n) is 3.85. The zero-order chi connectivity index (χ0) is 10.6. The van der Waals surface area contributed by atoms with Gasteiger partial charge in [0.05, 0.1) is 12.6 Å². The predicted molar refractivity (Wildman–Crippen MR) is 48.3 cm³/mol. The van der Waals surface area contributed by atoms with Crippen molar-refractivity contribution in [3.63, 3.8) is 0 Å². The van der Waals surface area contributed by atoms with Gasteiger partial charge in [-0.1, -0.05) is 12.8 Å². The molecule has 0 radical (unpaired) electrons. The molecule has 0 aromatic heterocycles. The highest BCUT2D eigenvalue weighted by Gasteiger charge is 2.30. The average molecular weight is 209 g/mol. The van der Waals surface area contributed by atoms with Gasteiger partial charge in [-0.2, -0.15) is 0 Å². The van der Waals surface area contributed by atoms with E-state index >= 15 is 0 Å². The molecule has 3 N–H and O–H groups in total. The van der Waals surface area contributed by atoms with E-state index in [1.807, 2.05) is 0 Å². The van der Waals surface area contributed by atoms with Gasteiger partial charge in [-0.3, -0.25) is 0 Å². The van der Waals surface area contributed by atoms with E-state index in [2.05, 4.69) is 5.32 Å². The highest BCUT2D eigenvalue weighted by atomic mass is 19.3. The Morgan fingerprint density at radius 2 is 1.93 bits per heavy atom. The summed E-state index contributed by atoms with van der Waals surface area (Å²) in [5.74, 6) is -3.09. The fourth-order valence-electron chi connectivity index (χ4n) is 1.69. The highest BCUT2D eigenvalue weighted by molar-refractivity contribution is 4.82. The van der Waals surface area contributed by atoms with Crippen molar-refractivity contribution in [3.8, 4) is 0 Å². The van der Waals surface area contributed by atoms with Gasteiger partial charge in [-0.05, 0) is 12.8 Å². The second kappa shape index (κ2) is 5.00. The SMILES string of the molecule is OCC(F)(F)CN[C@@H]1CCCC[C@H]1O. The lowest BCUT2D eigenvalue weighted by Gasteiger charge is -2.29. The maximum atomic E-state index is 12.6. The monoisotopic (exact) mass is 209 g/mol. The quantitative estimate of drug-likeness (QED) is 0.632. The van der Waals surface area contributed by atoms with E-state index in [-0.39, 0.29) is 6.04 Å². The van der Waals surface area contributed by atoms with Crippen molar-refractivity contribution >= 4 is 0 Å². The third-order valence-corrected chi connectivity index (χ3v) is 2.58. The molecule has 0 aliphatic heterocycles. The number of halogens is 2. The Morgan fingerprint density at radius 3 is 2.50 bits per heavy atom. The third-order valence-electron chi connectivity index (χ3n) is 2.58. The van der Waals surface area contributed by atoms with E-state index < -0.39 is 25.2 Å². The molecule has 5 heteroatoms. The lowest BCUT2D eigenvalue weighted by molar-refractivity contribution is -0.0537. The smallest absolute Gasteiger partial charge is 0.282 e. The first-order valence-corrected chi connectivity index (χ1v) is 4.95. The van der Waals surface area contributed by atoms with Gasteiger partial charge in [0, 0.05) is 6.04 Å². The minimum Gasteiger partial charge on any atom is -0.392 e. The average Bonchev–Trinajstić information content (AvgIpc) is 2.17. The van der Waals surface area contributed by atoms with Crippen molar-refractivity contribution in [1.29, 1.82) is 0 Å². The number of aliphatic hydroxyl groups excluding tert-OH is 2. The summed E-state index contributed by atoms with van der Waals surface area (Å²) in [5.41, 5.74) is 0. The van der Waals surface area contributed by atoms with Crippen LogP contribution in [0.1, 0.15) is 25.7 Å². The molecule has 3 nitrogen and oxygen atoms in total. The second-order valence-corrected chi connectivity index (χ2v) is 3.85. The van der Waals surface area contributed by atoms with Crippen molar-refractivity contribution in [2.45, 2.75) is 43.8 Å². The van der Waals surface area contributed by atoms with Gasteiger partial charge in [-0.25, -0.2) is 8.78 Å². The van der Waals surface area contributed by atoms with E-state index in [9.17, 15) is 13.9 Å². The fraction of sp³-hybridized carbons (Fsp3) is 1.00. The summed E-state index contributed by atoms with van der Waals surface area (Å²) >= 11 is 0. The minimum absolute atomic E-state index is 0.249. The Morgan fingerprint density at radius 1 is 1.29 bits per heavy atom. The lowest BCUT2D eigenvalue weighted by Crippen LogP contribution is -2.47. The first kappa shape index (κ1) is 11.8. The molecular weight excluding hydrogens is 192 g/mol. The van der Waals surface area contributed by atoms with Crippen molar-refractivity contribution in [2.75, 3.05) is 13.2 Å². The molecule has 0 bridgehead atoms. The summed E-state index contributed by atoms with van der Waals surface area (Å²) in [7, 11) is 0. The van der Waals surface area contributed by atoms with Crippen LogP contribution in [0.25, 0.3) is 0 Å². The molecule has 1 saturated carbocycles. The molecule has 0 amide bonds. The predicted octanol–water partition coefficient (Wildman–Crippen LogP) is 0.507. The molecule has 0 aromatic carbocycles. The van der Waals surface area contributed by atoms with Crippen LogP contribution in [-0.4, -0.2) is 41.4 Å². The number of alkyl halides is 2. The van der Waals surface area contributed by atoms with Crippen LogP contribution < -0.4 is 5.32 Å². The molecule has 84 valence electrons. The number of hydrogen-bond donors (Lipinski definition) is 3. The molecule has 1 rings (SSSR count). The summed E-state index contributed by atoms with van der Waals surface area (Å²) in [6.45, 7) is -1.71. The Bertz CT molecular complexity index is 178. The van der Waals surface area contributed by atoms with E-state index in [1.54, 1.807) is 0 Å². The zero-order valence-electron chi connectivity index (χ0n) is 8.05. The lowest BCUT2D eigenvalue weighted by atomic mass is 9.92. The molecule has 0 aromatic rings. The maximum Gasteiger partial charge on any atom is 0.282 e. The van der Waals surface area contributed by atoms with Crippen molar-refractivity contribution in [1.82, 2.24) is 5.32 Å². The molecule has 1 aliphatic rings. The van der Waals surface area contributed by atoms with E-state index in [4.69, 9.17) is 5.11 Å². The van der Waals surface area contributed by atoms with Crippen LogP contribution in [0.2, 0.25) is 0 Å². The number of rotatable bonds is 4. The van der Waals surface area contributed by atoms with Gasteiger partial charge >= 0.3 is 0 Å². The Kier molecular flexibility index (Phi) is 4.22. The summed E-state index contributed by atoms with van der Waals surface area (Å²) in [5, 5.41) is 20.4. The molecule has 0 heterocycles. The van der Waals surface area contributed by atoms with Crippen LogP contribution in [0.5, 0.6) is 0 Å². The van der Waals surface area contributed by atoms with Crippen molar-refractivity contribution in [3.05, 3.63) is 0 Å². The molecule has 0 unspecified atom stereocenters. The third kappa shape index (κ3) is 3.48. The van der Waals surface area contributed by atoms with Crippen LogP contribution in [0, 0.1) is 0 Å². The Hall–Kier alpha value is -0.260. The molecule has 0 spiro atoms. The van der Waals surface area contributed by atoms with Crippen LogP contribution in [0.15, 0.2) is 0 Å². The summed E-state index contributed by atoms with van der Waals surface area (Å²) in [4.78, 5) is 0. The molecule has 2 atom stereocenters. The molecular formula is C9H17F2NO2. The highest BCUT2D eigenvalue weighted by Crippen LogP contribution is 2.19. The topological polar surface area (TPSA) is 52.5 Å². The van der Waals surface area contributed by atoms with Gasteiger partial charge in [0.15, 0.2) is 0 Å². The first-order valence-electron chi connectivity index (χ1n) is 4.95. The maximum absolute atomic E-state index is 12.6. The van der Waals surface area contributed by atoms with Crippen LogP contribution in [0.4, 0.5) is 8.78 Å². The van der Waals surface area contributed by atoms with Gasteiger partial charge in [0.25, 0.3) is 5.92 Å². The van der Waals surface area contributed by atoms with Gasteiger partial charge in [0.1, 0.15) is 6.61 Å². The van der Waals surface area contributed by atoms with E-state index in [0.29, 0.717) is 6.42 Å². The Labute approximate surface area is 82.1 Å². The number of hydrogen-bond acceptors (Lipinski definition) is 3. The van der Waals surface area contributed by atoms with Gasteiger partial charge in [-0.15, -0.1) is 0 Å². The van der Waals surface area contributed by atoms with Crippen LogP contribution >= 0.6 is 0 Å². The summed E-state index contributed by atoms with van der Waals surface area (Å²) in [6, 6.07) is -0.249. The van der Waals surface area contributed by atoms with Gasteiger partial charge in [0.2, 0.25) is 0 Å². The number of nitrogens with one attached hydrogen (secondary N) is 1. The number of aliphatic hydroxyl groups is 2. The Balaban J connectivity index is 2.29. The molecule has 1 aliphatic carbocycles. The van der Waals surface area contributed by atoms with Gasteiger partial charge < -0.3 is 15.5 Å². The van der Waals surface area contributed by atoms with E-state index in [0.717, 1.165) is 19.3 Å². The van der Waals surface area contributed by atoms with Crippen LogP contribution in [0.3, 0.4) is 0 Å². The molecule has 1 fully saturated rings. The van der Waals surface area contributed by atoms with Crippen LogP contribution in [-0.2, 0) is 0 Å². The van der Waals surface area contributed by atoms with Crippen molar-refractivity contribution in [2.24, 2.45) is 0 Å². The molecule has 14 heavy (non-hydrogen) atoms. The summed E-state index contributed by atoms with van der Waals surface area (Å²) in [6.07, 6.45) is 2.78. The summed E-state index contributed by atoms with van der Waals surface area (Å²) < 4.78 is 25.3. The van der Waals surface area contributed by atoms with E-state index in [1.165, 1.54) is 0 Å². The first-order chi connectivity index (χ1) is 6.55. The van der Waals surface area contributed by atoms with Crippen molar-refractivity contribution < 1.29 is 19.0 Å². The minimum atomic E-state index is -3.09. The standard InChI is InChI=1S/C9H17F2NO2/c10-9(11,6-13)5-12-7-3-1-2-4-8(7)14/h7-8,12-14H,1-6H2/t7-,8-/m1/s1. The largest absolute Gasteiger partial charge is 0.392 e. The zero-order valence-corrected chi connectivity index (χ0v) is 8.05. The molecule has 0 saturated heterocycles.